The average molecular weight is 168 g/mol. The van der Waals surface area contributed by atoms with Crippen LogP contribution in [0.5, 0.6) is 0 Å². The molecule has 2 heteroatoms. The standard InChI is InChI=1S/C10H17NO/c1-5-10(12)6-9(3)11(4)7-8(10)2/h1,8-9,12H,6-7H2,2-4H3/p+1/t8-,9+,10+/m1/s1. The number of rotatable bonds is 0. The Labute approximate surface area is 74.6 Å². The quantitative estimate of drug-likeness (QED) is 0.459. The molecule has 0 aromatic rings. The largest absolute Gasteiger partial charge is 0.377 e. The van der Waals surface area contributed by atoms with Gasteiger partial charge in [-0.2, -0.15) is 0 Å². The molecule has 0 spiro atoms. The summed E-state index contributed by atoms with van der Waals surface area (Å²) in [4.78, 5) is 1.46. The van der Waals surface area contributed by atoms with E-state index >= 15 is 0 Å². The Morgan fingerprint density at radius 3 is 2.67 bits per heavy atom. The van der Waals surface area contributed by atoms with E-state index in [2.05, 4.69) is 19.9 Å². The van der Waals surface area contributed by atoms with Gasteiger partial charge in [0.1, 0.15) is 5.60 Å². The van der Waals surface area contributed by atoms with Gasteiger partial charge in [-0.25, -0.2) is 0 Å². The van der Waals surface area contributed by atoms with Crippen molar-refractivity contribution >= 4 is 0 Å². The molecular formula is C10H18NO+. The SMILES string of the molecule is C#C[C@]1(O)C[C@H](C)[NH+](C)C[C@H]1C. The summed E-state index contributed by atoms with van der Waals surface area (Å²) in [5.74, 6) is 2.73. The van der Waals surface area contributed by atoms with Crippen LogP contribution in [0.25, 0.3) is 0 Å². The zero-order chi connectivity index (χ0) is 9.35. The first-order valence-electron chi connectivity index (χ1n) is 4.52. The van der Waals surface area contributed by atoms with Crippen molar-refractivity contribution in [1.29, 1.82) is 0 Å². The first-order valence-corrected chi connectivity index (χ1v) is 4.52. The minimum absolute atomic E-state index is 0.207. The summed E-state index contributed by atoms with van der Waals surface area (Å²) in [5.41, 5.74) is -0.862. The Morgan fingerprint density at radius 2 is 2.17 bits per heavy atom. The van der Waals surface area contributed by atoms with E-state index in [-0.39, 0.29) is 5.92 Å². The Hall–Kier alpha value is -0.520. The highest BCUT2D eigenvalue weighted by Crippen LogP contribution is 2.23. The summed E-state index contributed by atoms with van der Waals surface area (Å²) in [6, 6.07) is 0.460. The van der Waals surface area contributed by atoms with E-state index < -0.39 is 5.60 Å². The highest BCUT2D eigenvalue weighted by Gasteiger charge is 2.42. The summed E-state index contributed by atoms with van der Waals surface area (Å²) in [7, 11) is 2.15. The Morgan fingerprint density at radius 1 is 1.58 bits per heavy atom. The molecule has 0 aliphatic carbocycles. The van der Waals surface area contributed by atoms with Gasteiger partial charge in [-0.05, 0) is 6.92 Å². The zero-order valence-corrected chi connectivity index (χ0v) is 8.09. The van der Waals surface area contributed by atoms with Crippen molar-refractivity contribution in [2.45, 2.75) is 31.9 Å². The molecule has 1 rings (SSSR count). The van der Waals surface area contributed by atoms with E-state index in [1.54, 1.807) is 0 Å². The van der Waals surface area contributed by atoms with E-state index in [4.69, 9.17) is 6.42 Å². The lowest BCUT2D eigenvalue weighted by Gasteiger charge is -2.40. The predicted octanol–water partition coefficient (Wildman–Crippen LogP) is -0.706. The molecule has 1 heterocycles. The molecule has 1 unspecified atom stereocenters. The molecule has 0 amide bonds. The Balaban J connectivity index is 2.76. The second-order valence-corrected chi connectivity index (χ2v) is 4.13. The number of hydrogen-bond acceptors (Lipinski definition) is 1. The van der Waals surface area contributed by atoms with Gasteiger partial charge in [-0.15, -0.1) is 6.42 Å². The minimum Gasteiger partial charge on any atom is -0.377 e. The molecule has 0 aromatic carbocycles. The summed E-state index contributed by atoms with van der Waals surface area (Å²) in [6.45, 7) is 5.11. The summed E-state index contributed by atoms with van der Waals surface area (Å²) in [6.07, 6.45) is 6.05. The molecule has 2 N–H and O–H groups in total. The molecule has 68 valence electrons. The van der Waals surface area contributed by atoms with E-state index in [0.717, 1.165) is 13.0 Å². The van der Waals surface area contributed by atoms with Crippen molar-refractivity contribution in [2.75, 3.05) is 13.6 Å². The maximum Gasteiger partial charge on any atom is 0.138 e. The van der Waals surface area contributed by atoms with Gasteiger partial charge < -0.3 is 10.0 Å². The van der Waals surface area contributed by atoms with Crippen LogP contribution in [0.3, 0.4) is 0 Å². The van der Waals surface area contributed by atoms with E-state index in [9.17, 15) is 5.11 Å². The van der Waals surface area contributed by atoms with Gasteiger partial charge in [0.15, 0.2) is 0 Å². The fourth-order valence-electron chi connectivity index (χ4n) is 1.90. The van der Waals surface area contributed by atoms with Crippen molar-refractivity contribution in [1.82, 2.24) is 0 Å². The van der Waals surface area contributed by atoms with Crippen LogP contribution in [0.4, 0.5) is 0 Å². The molecule has 1 fully saturated rings. The maximum absolute atomic E-state index is 9.99. The van der Waals surface area contributed by atoms with Crippen LogP contribution in [-0.4, -0.2) is 30.3 Å². The molecule has 1 aliphatic heterocycles. The summed E-state index contributed by atoms with van der Waals surface area (Å²) < 4.78 is 0. The summed E-state index contributed by atoms with van der Waals surface area (Å²) in [5, 5.41) is 9.99. The average Bonchev–Trinajstić information content (AvgIpc) is 2.01. The van der Waals surface area contributed by atoms with Crippen LogP contribution in [0.1, 0.15) is 20.3 Å². The van der Waals surface area contributed by atoms with Gasteiger partial charge in [0.05, 0.1) is 19.6 Å². The molecule has 12 heavy (non-hydrogen) atoms. The molecule has 4 atom stereocenters. The third kappa shape index (κ3) is 1.48. The molecule has 1 saturated heterocycles. The lowest BCUT2D eigenvalue weighted by Crippen LogP contribution is -3.15. The normalized spacial score (nSPS) is 48.4. The van der Waals surface area contributed by atoms with Crippen molar-refractivity contribution in [3.05, 3.63) is 0 Å². The van der Waals surface area contributed by atoms with Crippen molar-refractivity contribution < 1.29 is 10.0 Å². The maximum atomic E-state index is 9.99. The number of likely N-dealkylation sites (tertiary alicyclic amines) is 1. The molecule has 0 radical (unpaired) electrons. The highest BCUT2D eigenvalue weighted by molar-refractivity contribution is 5.11. The first-order chi connectivity index (χ1) is 5.49. The fraction of sp³-hybridized carbons (Fsp3) is 0.800. The van der Waals surface area contributed by atoms with Gasteiger partial charge in [0, 0.05) is 12.3 Å². The van der Waals surface area contributed by atoms with Gasteiger partial charge in [-0.3, -0.25) is 0 Å². The number of hydrogen-bond donors (Lipinski definition) is 2. The molecule has 1 aliphatic rings. The van der Waals surface area contributed by atoms with Crippen molar-refractivity contribution in [3.63, 3.8) is 0 Å². The molecule has 0 saturated carbocycles. The zero-order valence-electron chi connectivity index (χ0n) is 8.09. The lowest BCUT2D eigenvalue weighted by atomic mass is 9.80. The molecule has 0 bridgehead atoms. The number of terminal acetylenes is 1. The topological polar surface area (TPSA) is 24.7 Å². The smallest absolute Gasteiger partial charge is 0.138 e. The third-order valence-corrected chi connectivity index (χ3v) is 3.15. The first kappa shape index (κ1) is 9.57. The molecular weight excluding hydrogens is 150 g/mol. The molecule has 0 aromatic heterocycles. The monoisotopic (exact) mass is 168 g/mol. The van der Waals surface area contributed by atoms with E-state index in [1.807, 2.05) is 6.92 Å². The van der Waals surface area contributed by atoms with Crippen LogP contribution in [0.2, 0.25) is 0 Å². The predicted molar refractivity (Wildman–Crippen MR) is 48.8 cm³/mol. The fourth-order valence-corrected chi connectivity index (χ4v) is 1.90. The summed E-state index contributed by atoms with van der Waals surface area (Å²) >= 11 is 0. The molecule has 2 nitrogen and oxygen atoms in total. The second-order valence-electron chi connectivity index (χ2n) is 4.13. The lowest BCUT2D eigenvalue weighted by molar-refractivity contribution is -0.915. The van der Waals surface area contributed by atoms with Gasteiger partial charge in [-0.1, -0.05) is 12.8 Å². The van der Waals surface area contributed by atoms with Crippen LogP contribution in [0, 0.1) is 18.3 Å². The van der Waals surface area contributed by atoms with Crippen LogP contribution in [0.15, 0.2) is 0 Å². The number of quaternary nitrogens is 1. The van der Waals surface area contributed by atoms with Crippen LogP contribution in [-0.2, 0) is 0 Å². The Kier molecular flexibility index (Phi) is 2.46. The highest BCUT2D eigenvalue weighted by atomic mass is 16.3. The van der Waals surface area contributed by atoms with Gasteiger partial charge >= 0.3 is 0 Å². The van der Waals surface area contributed by atoms with Crippen LogP contribution < -0.4 is 4.90 Å². The van der Waals surface area contributed by atoms with Crippen molar-refractivity contribution in [2.24, 2.45) is 5.92 Å². The number of piperidine rings is 1. The number of nitrogens with one attached hydrogen (secondary N) is 1. The minimum atomic E-state index is -0.862. The van der Waals surface area contributed by atoms with Gasteiger partial charge in [0.25, 0.3) is 0 Å². The van der Waals surface area contributed by atoms with Crippen molar-refractivity contribution in [3.8, 4) is 12.3 Å². The third-order valence-electron chi connectivity index (χ3n) is 3.15. The number of aliphatic hydroxyl groups is 1. The van der Waals surface area contributed by atoms with E-state index in [0.29, 0.717) is 6.04 Å². The van der Waals surface area contributed by atoms with E-state index in [1.165, 1.54) is 4.90 Å². The van der Waals surface area contributed by atoms with Crippen LogP contribution >= 0.6 is 0 Å². The second kappa shape index (κ2) is 3.08. The Bertz CT molecular complexity index is 208. The van der Waals surface area contributed by atoms with Gasteiger partial charge in [0.2, 0.25) is 0 Å².